The van der Waals surface area contributed by atoms with E-state index in [4.69, 9.17) is 10.5 Å². The molecule has 0 bridgehead atoms. The number of rotatable bonds is 6. The number of nitrogens with one attached hydrogen (secondary N) is 1. The van der Waals surface area contributed by atoms with Gasteiger partial charge >= 0.3 is 0 Å². The molecule has 4 nitrogen and oxygen atoms in total. The molecule has 1 aromatic rings. The molecule has 0 saturated carbocycles. The number of ether oxygens (including phenoxy) is 1. The van der Waals surface area contributed by atoms with Gasteiger partial charge in [0.1, 0.15) is 0 Å². The van der Waals surface area contributed by atoms with Gasteiger partial charge in [-0.15, -0.1) is 0 Å². The summed E-state index contributed by atoms with van der Waals surface area (Å²) in [6.07, 6.45) is -0.538. The summed E-state index contributed by atoms with van der Waals surface area (Å²) in [6.45, 7) is 5.54. The van der Waals surface area contributed by atoms with Gasteiger partial charge in [0.05, 0.1) is 5.60 Å². The molecule has 0 fully saturated rings. The molecule has 0 spiro atoms. The van der Waals surface area contributed by atoms with E-state index in [0.717, 1.165) is 5.56 Å². The molecule has 0 aliphatic carbocycles. The van der Waals surface area contributed by atoms with E-state index in [9.17, 15) is 9.90 Å². The molecule has 19 heavy (non-hydrogen) atoms. The van der Waals surface area contributed by atoms with E-state index in [0.29, 0.717) is 6.42 Å². The molecular weight excluding hydrogens is 242 g/mol. The molecule has 0 saturated heterocycles. The van der Waals surface area contributed by atoms with Crippen molar-refractivity contribution < 1.29 is 14.6 Å². The summed E-state index contributed by atoms with van der Waals surface area (Å²) in [6, 6.07) is 9.60. The van der Waals surface area contributed by atoms with Crippen LogP contribution in [0.5, 0.6) is 0 Å². The van der Waals surface area contributed by atoms with Gasteiger partial charge in [-0.05, 0) is 32.8 Å². The summed E-state index contributed by atoms with van der Waals surface area (Å²) in [7, 11) is 0. The predicted molar refractivity (Wildman–Crippen MR) is 73.2 cm³/mol. The van der Waals surface area contributed by atoms with Crippen molar-refractivity contribution in [2.24, 2.45) is 5.92 Å². The van der Waals surface area contributed by atoms with Crippen molar-refractivity contribution in [3.63, 3.8) is 0 Å². The van der Waals surface area contributed by atoms with Crippen LogP contribution in [0.1, 0.15) is 32.8 Å². The normalized spacial score (nSPS) is 14.9. The molecule has 1 amide bonds. The molecule has 4 heteroatoms. The Hall–Kier alpha value is -1.39. The Balaban J connectivity index is 2.74. The van der Waals surface area contributed by atoms with Gasteiger partial charge < -0.3 is 9.84 Å². The highest BCUT2D eigenvalue weighted by atomic mass is 16.6. The lowest BCUT2D eigenvalue weighted by Crippen LogP contribution is -2.35. The van der Waals surface area contributed by atoms with Gasteiger partial charge in [0.2, 0.25) is 5.91 Å². The second-order valence-electron chi connectivity index (χ2n) is 5.70. The van der Waals surface area contributed by atoms with Crippen LogP contribution in [0.3, 0.4) is 0 Å². The molecule has 105 valence electrons. The van der Waals surface area contributed by atoms with Crippen LogP contribution in [0, 0.1) is 5.92 Å². The first-order chi connectivity index (χ1) is 8.78. The number of hydrogen-bond donors (Lipinski definition) is 1. The first kappa shape index (κ1) is 15.7. The molecule has 1 aromatic carbocycles. The van der Waals surface area contributed by atoms with E-state index in [1.165, 1.54) is 0 Å². The lowest BCUT2D eigenvalue weighted by molar-refractivity contribution is -0.193. The maximum atomic E-state index is 11.0. The van der Waals surface area contributed by atoms with Gasteiger partial charge in [-0.25, -0.2) is 0 Å². The second-order valence-corrected chi connectivity index (χ2v) is 5.70. The zero-order valence-corrected chi connectivity index (χ0v) is 11.7. The summed E-state index contributed by atoms with van der Waals surface area (Å²) in [5.74, 6) is -1.08. The van der Waals surface area contributed by atoms with Crippen LogP contribution in [0.15, 0.2) is 30.3 Å². The standard InChI is InChI=1S/C15H22NO3/c1-15(2,3)19-14(18)12(10-13(16)17)9-11-7-5-4-6-8-11/h4-8,12,14,16,18H,9-10H2,1-3H3. The fraction of sp³-hybridized carbons (Fsp3) is 0.533. The number of benzene rings is 1. The Morgan fingerprint density at radius 2 is 1.89 bits per heavy atom. The lowest BCUT2D eigenvalue weighted by atomic mass is 9.95. The highest BCUT2D eigenvalue weighted by molar-refractivity contribution is 5.73. The summed E-state index contributed by atoms with van der Waals surface area (Å²) in [5.41, 5.74) is 7.62. The van der Waals surface area contributed by atoms with Crippen LogP contribution in [0.4, 0.5) is 0 Å². The minimum absolute atomic E-state index is 0.00780. The van der Waals surface area contributed by atoms with E-state index in [2.05, 4.69) is 0 Å². The minimum atomic E-state index is -1.05. The first-order valence-corrected chi connectivity index (χ1v) is 6.42. The van der Waals surface area contributed by atoms with Crippen molar-refractivity contribution in [2.45, 2.75) is 45.5 Å². The SMILES string of the molecule is CC(C)(C)OC(O)C(CC([NH])=O)Cc1ccccc1. The molecule has 2 atom stereocenters. The molecule has 0 aliphatic rings. The van der Waals surface area contributed by atoms with Gasteiger partial charge in [0, 0.05) is 12.3 Å². The van der Waals surface area contributed by atoms with Crippen molar-refractivity contribution in [3.05, 3.63) is 35.9 Å². The average molecular weight is 264 g/mol. The Bertz CT molecular complexity index is 398. The average Bonchev–Trinajstić information content (AvgIpc) is 2.26. The fourth-order valence-corrected chi connectivity index (χ4v) is 1.89. The van der Waals surface area contributed by atoms with Crippen LogP contribution in [0.25, 0.3) is 0 Å². The predicted octanol–water partition coefficient (Wildman–Crippen LogP) is 2.18. The van der Waals surface area contributed by atoms with Crippen molar-refractivity contribution >= 4 is 5.91 Å². The largest absolute Gasteiger partial charge is 0.368 e. The van der Waals surface area contributed by atoms with Crippen LogP contribution in [0.2, 0.25) is 0 Å². The number of aliphatic hydroxyl groups excluding tert-OH is 1. The van der Waals surface area contributed by atoms with Crippen LogP contribution < -0.4 is 5.73 Å². The van der Waals surface area contributed by atoms with E-state index >= 15 is 0 Å². The quantitative estimate of drug-likeness (QED) is 0.800. The zero-order valence-electron chi connectivity index (χ0n) is 11.7. The molecule has 0 heterocycles. The third-order valence-electron chi connectivity index (χ3n) is 2.67. The van der Waals surface area contributed by atoms with E-state index in [1.807, 2.05) is 51.1 Å². The Morgan fingerprint density at radius 3 is 2.37 bits per heavy atom. The van der Waals surface area contributed by atoms with Gasteiger partial charge in [-0.3, -0.25) is 10.5 Å². The van der Waals surface area contributed by atoms with Crippen molar-refractivity contribution in [2.75, 3.05) is 0 Å². The van der Waals surface area contributed by atoms with E-state index in [1.54, 1.807) is 0 Å². The highest BCUT2D eigenvalue weighted by Crippen LogP contribution is 2.21. The van der Waals surface area contributed by atoms with Crippen LogP contribution in [-0.2, 0) is 16.0 Å². The molecule has 1 rings (SSSR count). The van der Waals surface area contributed by atoms with Gasteiger partial charge in [-0.2, -0.15) is 0 Å². The summed E-state index contributed by atoms with van der Waals surface area (Å²) >= 11 is 0. The smallest absolute Gasteiger partial charge is 0.238 e. The highest BCUT2D eigenvalue weighted by Gasteiger charge is 2.26. The van der Waals surface area contributed by atoms with Crippen LogP contribution >= 0.6 is 0 Å². The third kappa shape index (κ3) is 6.36. The second kappa shape index (κ2) is 6.68. The third-order valence-corrected chi connectivity index (χ3v) is 2.67. The molecule has 0 aromatic heterocycles. The Kier molecular flexibility index (Phi) is 5.51. The first-order valence-electron chi connectivity index (χ1n) is 6.42. The molecular formula is C15H22NO3. The fourth-order valence-electron chi connectivity index (χ4n) is 1.89. The number of carbonyl (C=O) groups excluding carboxylic acids is 1. The summed E-state index contributed by atoms with van der Waals surface area (Å²) in [5, 5.41) is 10.1. The number of carbonyl (C=O) groups is 1. The molecule has 0 aliphatic heterocycles. The summed E-state index contributed by atoms with van der Waals surface area (Å²) in [4.78, 5) is 11.0. The monoisotopic (exact) mass is 264 g/mol. The number of aliphatic hydroxyl groups is 1. The topological polar surface area (TPSA) is 70.3 Å². The molecule has 2 unspecified atom stereocenters. The number of amides is 1. The summed E-state index contributed by atoms with van der Waals surface area (Å²) < 4.78 is 5.49. The Labute approximate surface area is 114 Å². The molecule has 1 radical (unpaired) electrons. The van der Waals surface area contributed by atoms with Gasteiger partial charge in [0.15, 0.2) is 6.29 Å². The van der Waals surface area contributed by atoms with E-state index in [-0.39, 0.29) is 6.42 Å². The van der Waals surface area contributed by atoms with Crippen molar-refractivity contribution in [1.29, 1.82) is 0 Å². The number of hydrogen-bond acceptors (Lipinski definition) is 3. The van der Waals surface area contributed by atoms with Crippen molar-refractivity contribution in [3.8, 4) is 0 Å². The van der Waals surface area contributed by atoms with Gasteiger partial charge in [0.25, 0.3) is 0 Å². The van der Waals surface area contributed by atoms with Gasteiger partial charge in [-0.1, -0.05) is 30.3 Å². The maximum absolute atomic E-state index is 11.0. The maximum Gasteiger partial charge on any atom is 0.238 e. The minimum Gasteiger partial charge on any atom is -0.368 e. The van der Waals surface area contributed by atoms with Crippen molar-refractivity contribution in [1.82, 2.24) is 5.73 Å². The van der Waals surface area contributed by atoms with Crippen LogP contribution in [-0.4, -0.2) is 22.9 Å². The Morgan fingerprint density at radius 1 is 1.32 bits per heavy atom. The lowest BCUT2D eigenvalue weighted by Gasteiger charge is -2.29. The molecule has 2 N–H and O–H groups in total. The van der Waals surface area contributed by atoms with E-state index < -0.39 is 23.7 Å². The zero-order chi connectivity index (χ0) is 14.5.